The number of carbonyl (C=O) groups is 2. The largest absolute Gasteiger partial charge is 0.452 e. The number of ether oxygens (including phenoxy) is 1. The molecular formula is C15H16N2O5S. The van der Waals surface area contributed by atoms with Crippen LogP contribution in [0.4, 0.5) is 5.69 Å². The number of hydrogen-bond acceptors (Lipinski definition) is 5. The van der Waals surface area contributed by atoms with Gasteiger partial charge in [0.05, 0.1) is 23.5 Å². The van der Waals surface area contributed by atoms with Crippen molar-refractivity contribution in [3.8, 4) is 12.3 Å². The highest BCUT2D eigenvalue weighted by Gasteiger charge is 2.28. The quantitative estimate of drug-likeness (QED) is 0.609. The Morgan fingerprint density at radius 2 is 2.17 bits per heavy atom. The molecule has 2 rings (SSSR count). The molecule has 1 N–H and O–H groups in total. The number of hydrogen-bond donors (Lipinski definition) is 1. The molecule has 0 bridgehead atoms. The molecule has 0 atom stereocenters. The summed E-state index contributed by atoms with van der Waals surface area (Å²) in [5.41, 5.74) is 0.586. The van der Waals surface area contributed by atoms with Crippen LogP contribution >= 0.6 is 0 Å². The Balaban J connectivity index is 2.04. The molecule has 1 aromatic rings. The maximum absolute atomic E-state index is 11.9. The van der Waals surface area contributed by atoms with E-state index in [2.05, 4.69) is 11.2 Å². The lowest BCUT2D eigenvalue weighted by Gasteiger charge is -2.17. The van der Waals surface area contributed by atoms with Crippen LogP contribution in [-0.2, 0) is 19.6 Å². The van der Waals surface area contributed by atoms with Gasteiger partial charge < -0.3 is 10.1 Å². The van der Waals surface area contributed by atoms with E-state index in [0.717, 1.165) is 0 Å². The molecule has 0 aliphatic carbocycles. The molecular weight excluding hydrogens is 320 g/mol. The van der Waals surface area contributed by atoms with Crippen LogP contribution < -0.4 is 9.62 Å². The zero-order valence-corrected chi connectivity index (χ0v) is 13.1. The summed E-state index contributed by atoms with van der Waals surface area (Å²) in [6.07, 6.45) is 5.54. The first-order chi connectivity index (χ1) is 10.9. The van der Waals surface area contributed by atoms with Gasteiger partial charge in [0.25, 0.3) is 5.91 Å². The summed E-state index contributed by atoms with van der Waals surface area (Å²) in [6.45, 7) is -0.0131. The molecule has 0 unspecified atom stereocenters. The summed E-state index contributed by atoms with van der Waals surface area (Å²) in [5, 5.41) is 2.37. The van der Waals surface area contributed by atoms with E-state index in [4.69, 9.17) is 11.2 Å². The van der Waals surface area contributed by atoms with E-state index in [0.29, 0.717) is 18.7 Å². The first kappa shape index (κ1) is 16.8. The fraction of sp³-hybridized carbons (Fsp3) is 0.333. The fourth-order valence-electron chi connectivity index (χ4n) is 2.13. The van der Waals surface area contributed by atoms with Crippen LogP contribution in [0.2, 0.25) is 0 Å². The Morgan fingerprint density at radius 1 is 1.39 bits per heavy atom. The molecule has 1 aromatic carbocycles. The summed E-state index contributed by atoms with van der Waals surface area (Å²) in [6, 6.07) is 6.11. The SMILES string of the molecule is C#CCNC(=O)COC(=O)c1cccc(N2CCCS2(=O)=O)c1. The summed E-state index contributed by atoms with van der Waals surface area (Å²) in [5.74, 6) is 1.11. The maximum atomic E-state index is 11.9. The van der Waals surface area contributed by atoms with E-state index in [1.54, 1.807) is 12.1 Å². The first-order valence-corrected chi connectivity index (χ1v) is 8.53. The molecule has 8 heteroatoms. The topological polar surface area (TPSA) is 92.8 Å². The molecule has 1 fully saturated rings. The van der Waals surface area contributed by atoms with Gasteiger partial charge in [0.15, 0.2) is 6.61 Å². The van der Waals surface area contributed by atoms with E-state index < -0.39 is 28.5 Å². The average molecular weight is 336 g/mol. The second kappa shape index (κ2) is 7.15. The lowest BCUT2D eigenvalue weighted by atomic mass is 10.2. The molecule has 1 amide bonds. The Kier molecular flexibility index (Phi) is 5.24. The number of rotatable bonds is 5. The number of amides is 1. The third kappa shape index (κ3) is 4.23. The van der Waals surface area contributed by atoms with Crippen LogP contribution in [-0.4, -0.2) is 45.7 Å². The number of sulfonamides is 1. The highest BCUT2D eigenvalue weighted by molar-refractivity contribution is 7.93. The Labute approximate surface area is 134 Å². The lowest BCUT2D eigenvalue weighted by molar-refractivity contribution is -0.123. The molecule has 23 heavy (non-hydrogen) atoms. The Bertz CT molecular complexity index is 751. The van der Waals surface area contributed by atoms with Gasteiger partial charge in [-0.05, 0) is 24.6 Å². The third-order valence-corrected chi connectivity index (χ3v) is 5.06. The van der Waals surface area contributed by atoms with Crippen LogP contribution in [0.25, 0.3) is 0 Å². The fourth-order valence-corrected chi connectivity index (χ4v) is 3.69. The zero-order valence-electron chi connectivity index (χ0n) is 12.3. The smallest absolute Gasteiger partial charge is 0.338 e. The van der Waals surface area contributed by atoms with E-state index in [-0.39, 0.29) is 17.9 Å². The van der Waals surface area contributed by atoms with Crippen molar-refractivity contribution in [2.45, 2.75) is 6.42 Å². The summed E-state index contributed by atoms with van der Waals surface area (Å²) >= 11 is 0. The molecule has 1 aliphatic heterocycles. The average Bonchev–Trinajstić information content (AvgIpc) is 2.90. The molecule has 1 saturated heterocycles. The van der Waals surface area contributed by atoms with Crippen molar-refractivity contribution in [1.82, 2.24) is 5.32 Å². The molecule has 0 aromatic heterocycles. The van der Waals surface area contributed by atoms with Crippen molar-refractivity contribution < 1.29 is 22.7 Å². The predicted molar refractivity (Wildman–Crippen MR) is 84.3 cm³/mol. The van der Waals surface area contributed by atoms with Crippen molar-refractivity contribution in [3.05, 3.63) is 29.8 Å². The van der Waals surface area contributed by atoms with Crippen molar-refractivity contribution in [3.63, 3.8) is 0 Å². The molecule has 0 saturated carbocycles. The first-order valence-electron chi connectivity index (χ1n) is 6.92. The minimum atomic E-state index is -3.32. The minimum absolute atomic E-state index is 0.0543. The molecule has 1 heterocycles. The van der Waals surface area contributed by atoms with Gasteiger partial charge in [-0.3, -0.25) is 9.10 Å². The van der Waals surface area contributed by atoms with Crippen molar-refractivity contribution in [1.29, 1.82) is 0 Å². The number of carbonyl (C=O) groups excluding carboxylic acids is 2. The van der Waals surface area contributed by atoms with Gasteiger partial charge in [-0.1, -0.05) is 12.0 Å². The van der Waals surface area contributed by atoms with Crippen molar-refractivity contribution in [2.75, 3.05) is 29.8 Å². The number of terminal acetylenes is 1. The third-order valence-electron chi connectivity index (χ3n) is 3.19. The van der Waals surface area contributed by atoms with E-state index >= 15 is 0 Å². The molecule has 0 radical (unpaired) electrons. The van der Waals surface area contributed by atoms with E-state index in [1.807, 2.05) is 0 Å². The number of nitrogens with zero attached hydrogens (tertiary/aromatic N) is 1. The normalized spacial score (nSPS) is 15.7. The zero-order chi connectivity index (χ0) is 16.9. The van der Waals surface area contributed by atoms with Gasteiger partial charge in [0.1, 0.15) is 0 Å². The number of benzene rings is 1. The summed E-state index contributed by atoms with van der Waals surface area (Å²) in [4.78, 5) is 23.3. The minimum Gasteiger partial charge on any atom is -0.452 e. The van der Waals surface area contributed by atoms with Gasteiger partial charge in [0.2, 0.25) is 10.0 Å². The standard InChI is InChI=1S/C15H16N2O5S/c1-2-7-16-14(18)11-22-15(19)12-5-3-6-13(10-12)17-8-4-9-23(17,20)21/h1,3,5-6,10H,4,7-9,11H2,(H,16,18). The highest BCUT2D eigenvalue weighted by Crippen LogP contribution is 2.24. The maximum Gasteiger partial charge on any atom is 0.338 e. The van der Waals surface area contributed by atoms with Gasteiger partial charge >= 0.3 is 5.97 Å². The highest BCUT2D eigenvalue weighted by atomic mass is 32.2. The van der Waals surface area contributed by atoms with Crippen molar-refractivity contribution in [2.24, 2.45) is 0 Å². The lowest BCUT2D eigenvalue weighted by Crippen LogP contribution is -2.29. The van der Waals surface area contributed by atoms with Crippen LogP contribution in [0, 0.1) is 12.3 Å². The number of nitrogens with one attached hydrogen (secondary N) is 1. The van der Waals surface area contributed by atoms with Crippen LogP contribution in [0.15, 0.2) is 24.3 Å². The van der Waals surface area contributed by atoms with Gasteiger partial charge in [0, 0.05) is 6.54 Å². The van der Waals surface area contributed by atoms with Gasteiger partial charge in [-0.25, -0.2) is 13.2 Å². The molecule has 1 aliphatic rings. The number of anilines is 1. The monoisotopic (exact) mass is 336 g/mol. The summed E-state index contributed by atoms with van der Waals surface area (Å²) in [7, 11) is -3.32. The Morgan fingerprint density at radius 3 is 2.83 bits per heavy atom. The van der Waals surface area contributed by atoms with Gasteiger partial charge in [-0.2, -0.15) is 0 Å². The van der Waals surface area contributed by atoms with Crippen LogP contribution in [0.5, 0.6) is 0 Å². The van der Waals surface area contributed by atoms with E-state index in [9.17, 15) is 18.0 Å². The number of esters is 1. The molecule has 122 valence electrons. The predicted octanol–water partition coefficient (Wildman–Crippen LogP) is 0.133. The van der Waals surface area contributed by atoms with Crippen molar-refractivity contribution >= 4 is 27.6 Å². The Hall–Kier alpha value is -2.53. The van der Waals surface area contributed by atoms with Gasteiger partial charge in [-0.15, -0.1) is 6.42 Å². The van der Waals surface area contributed by atoms with Crippen LogP contribution in [0.3, 0.4) is 0 Å². The summed E-state index contributed by atoms with van der Waals surface area (Å²) < 4.78 is 29.9. The van der Waals surface area contributed by atoms with Crippen LogP contribution in [0.1, 0.15) is 16.8 Å². The van der Waals surface area contributed by atoms with E-state index in [1.165, 1.54) is 16.4 Å². The second-order valence-electron chi connectivity index (χ2n) is 4.85. The second-order valence-corrected chi connectivity index (χ2v) is 6.86. The molecule has 7 nitrogen and oxygen atoms in total. The molecule has 0 spiro atoms.